The molecule has 0 saturated carbocycles. The second kappa shape index (κ2) is 5.21. The minimum atomic E-state index is 0.658. The molecule has 3 N–H and O–H groups in total. The highest BCUT2D eigenvalue weighted by Gasteiger charge is 2.02. The molecule has 20 heavy (non-hydrogen) atoms. The van der Waals surface area contributed by atoms with Crippen LogP contribution in [0, 0.1) is 6.92 Å². The fourth-order valence-electron chi connectivity index (χ4n) is 2.06. The fourth-order valence-corrected chi connectivity index (χ4v) is 2.06. The Balaban J connectivity index is 1.63. The van der Waals surface area contributed by atoms with Gasteiger partial charge in [0.1, 0.15) is 0 Å². The minimum Gasteiger partial charge on any atom is -0.399 e. The Morgan fingerprint density at radius 3 is 2.80 bits per heavy atom. The Labute approximate surface area is 117 Å². The maximum absolute atomic E-state index is 5.66. The zero-order valence-corrected chi connectivity index (χ0v) is 11.4. The van der Waals surface area contributed by atoms with E-state index in [9.17, 15) is 0 Å². The van der Waals surface area contributed by atoms with Crippen LogP contribution in [0.1, 0.15) is 11.1 Å². The maximum Gasteiger partial charge on any atom is 0.243 e. The molecule has 0 bridgehead atoms. The van der Waals surface area contributed by atoms with E-state index in [1.807, 2.05) is 49.5 Å². The lowest BCUT2D eigenvalue weighted by molar-refractivity contribution is 0.935. The maximum atomic E-state index is 5.66. The van der Waals surface area contributed by atoms with Crippen LogP contribution in [0.4, 0.5) is 11.6 Å². The number of nitrogen functional groups attached to an aromatic ring is 1. The molecule has 5 heteroatoms. The summed E-state index contributed by atoms with van der Waals surface area (Å²) in [6.45, 7) is 2.84. The van der Waals surface area contributed by atoms with Gasteiger partial charge >= 0.3 is 0 Å². The first-order chi connectivity index (χ1) is 9.70. The number of pyridine rings is 1. The normalized spacial score (nSPS) is 10.8. The van der Waals surface area contributed by atoms with E-state index in [0.29, 0.717) is 5.95 Å². The smallest absolute Gasteiger partial charge is 0.243 e. The summed E-state index contributed by atoms with van der Waals surface area (Å²) in [5.41, 5.74) is 9.74. The van der Waals surface area contributed by atoms with E-state index >= 15 is 0 Å². The number of aromatic nitrogens is 3. The van der Waals surface area contributed by atoms with Crippen molar-refractivity contribution in [3.05, 3.63) is 53.7 Å². The van der Waals surface area contributed by atoms with E-state index in [1.54, 1.807) is 4.52 Å². The van der Waals surface area contributed by atoms with Gasteiger partial charge in [0, 0.05) is 18.4 Å². The van der Waals surface area contributed by atoms with Crippen molar-refractivity contribution in [1.82, 2.24) is 14.6 Å². The number of benzene rings is 1. The molecule has 3 aromatic rings. The van der Waals surface area contributed by atoms with Gasteiger partial charge in [-0.15, -0.1) is 5.10 Å². The van der Waals surface area contributed by atoms with Crippen LogP contribution in [0.5, 0.6) is 0 Å². The van der Waals surface area contributed by atoms with Crippen LogP contribution in [0.2, 0.25) is 0 Å². The number of nitrogens with one attached hydrogen (secondary N) is 1. The lowest BCUT2D eigenvalue weighted by Gasteiger charge is -2.02. The van der Waals surface area contributed by atoms with Gasteiger partial charge in [-0.05, 0) is 48.7 Å². The van der Waals surface area contributed by atoms with Crippen LogP contribution in [-0.2, 0) is 6.42 Å². The monoisotopic (exact) mass is 267 g/mol. The molecule has 3 rings (SSSR count). The molecular weight excluding hydrogens is 250 g/mol. The van der Waals surface area contributed by atoms with Crippen LogP contribution in [-0.4, -0.2) is 21.1 Å². The number of rotatable bonds is 4. The molecule has 0 atom stereocenters. The first-order valence-corrected chi connectivity index (χ1v) is 6.62. The van der Waals surface area contributed by atoms with Gasteiger partial charge < -0.3 is 11.1 Å². The number of hydrogen-bond acceptors (Lipinski definition) is 4. The molecule has 0 spiro atoms. The van der Waals surface area contributed by atoms with Crippen molar-refractivity contribution >= 4 is 17.3 Å². The van der Waals surface area contributed by atoms with E-state index < -0.39 is 0 Å². The SMILES string of the molecule is Cc1ccn2nc(NCCc3ccc(N)cc3)nc2c1. The summed E-state index contributed by atoms with van der Waals surface area (Å²) < 4.78 is 1.78. The first-order valence-electron chi connectivity index (χ1n) is 6.62. The molecule has 0 saturated heterocycles. The lowest BCUT2D eigenvalue weighted by atomic mass is 10.1. The summed E-state index contributed by atoms with van der Waals surface area (Å²) in [4.78, 5) is 4.44. The lowest BCUT2D eigenvalue weighted by Crippen LogP contribution is -2.06. The van der Waals surface area contributed by atoms with Gasteiger partial charge in [-0.2, -0.15) is 4.98 Å². The molecule has 2 heterocycles. The molecule has 0 aliphatic rings. The summed E-state index contributed by atoms with van der Waals surface area (Å²) in [6, 6.07) is 11.9. The molecule has 0 amide bonds. The fraction of sp³-hybridized carbons (Fsp3) is 0.200. The van der Waals surface area contributed by atoms with Gasteiger partial charge in [0.05, 0.1) is 0 Å². The van der Waals surface area contributed by atoms with Crippen molar-refractivity contribution in [2.45, 2.75) is 13.3 Å². The Hall–Kier alpha value is -2.56. The number of anilines is 2. The quantitative estimate of drug-likeness (QED) is 0.712. The average molecular weight is 267 g/mol. The van der Waals surface area contributed by atoms with Crippen LogP contribution in [0.15, 0.2) is 42.6 Å². The summed E-state index contributed by atoms with van der Waals surface area (Å²) >= 11 is 0. The Kier molecular flexibility index (Phi) is 3.25. The van der Waals surface area contributed by atoms with Crippen molar-refractivity contribution in [2.75, 3.05) is 17.6 Å². The van der Waals surface area contributed by atoms with E-state index in [4.69, 9.17) is 5.73 Å². The Morgan fingerprint density at radius 2 is 2.00 bits per heavy atom. The highest BCUT2D eigenvalue weighted by atomic mass is 15.3. The summed E-state index contributed by atoms with van der Waals surface area (Å²) in [5.74, 6) is 0.658. The van der Waals surface area contributed by atoms with Crippen LogP contribution >= 0.6 is 0 Å². The molecular formula is C15H17N5. The third-order valence-corrected chi connectivity index (χ3v) is 3.17. The van der Waals surface area contributed by atoms with Gasteiger partial charge in [-0.3, -0.25) is 0 Å². The first kappa shape index (κ1) is 12.5. The van der Waals surface area contributed by atoms with Crippen molar-refractivity contribution in [3.8, 4) is 0 Å². The second-order valence-electron chi connectivity index (χ2n) is 4.86. The van der Waals surface area contributed by atoms with Crippen molar-refractivity contribution in [3.63, 3.8) is 0 Å². The Morgan fingerprint density at radius 1 is 1.20 bits per heavy atom. The molecule has 0 radical (unpaired) electrons. The van der Waals surface area contributed by atoms with Crippen LogP contribution < -0.4 is 11.1 Å². The topological polar surface area (TPSA) is 68.2 Å². The summed E-state index contributed by atoms with van der Waals surface area (Å²) in [5, 5.41) is 7.62. The molecule has 0 aliphatic heterocycles. The van der Waals surface area contributed by atoms with Crippen molar-refractivity contribution < 1.29 is 0 Å². The van der Waals surface area contributed by atoms with Crippen LogP contribution in [0.25, 0.3) is 5.65 Å². The number of nitrogens with zero attached hydrogens (tertiary/aromatic N) is 3. The molecule has 0 unspecified atom stereocenters. The van der Waals surface area contributed by atoms with E-state index in [2.05, 4.69) is 15.4 Å². The van der Waals surface area contributed by atoms with E-state index in [-0.39, 0.29) is 0 Å². The number of aryl methyl sites for hydroxylation is 1. The predicted molar refractivity (Wildman–Crippen MR) is 80.8 cm³/mol. The zero-order chi connectivity index (χ0) is 13.9. The highest BCUT2D eigenvalue weighted by molar-refractivity contribution is 5.45. The average Bonchev–Trinajstić information content (AvgIpc) is 2.83. The van der Waals surface area contributed by atoms with Gasteiger partial charge in [-0.25, -0.2) is 4.52 Å². The molecule has 102 valence electrons. The van der Waals surface area contributed by atoms with Crippen LogP contribution in [0.3, 0.4) is 0 Å². The van der Waals surface area contributed by atoms with Gasteiger partial charge in [0.2, 0.25) is 5.95 Å². The molecule has 2 aromatic heterocycles. The standard InChI is InChI=1S/C15H17N5/c1-11-7-9-20-14(10-11)18-15(19-20)17-8-6-12-2-4-13(16)5-3-12/h2-5,7,9-10H,6,8,16H2,1H3,(H,17,19). The largest absolute Gasteiger partial charge is 0.399 e. The third-order valence-electron chi connectivity index (χ3n) is 3.17. The van der Waals surface area contributed by atoms with Gasteiger partial charge in [-0.1, -0.05) is 12.1 Å². The predicted octanol–water partition coefficient (Wildman–Crippen LogP) is 2.27. The van der Waals surface area contributed by atoms with Gasteiger partial charge in [0.25, 0.3) is 0 Å². The Bertz CT molecular complexity index is 715. The van der Waals surface area contributed by atoms with E-state index in [0.717, 1.165) is 24.3 Å². The molecule has 1 aromatic carbocycles. The third kappa shape index (κ3) is 2.71. The summed E-state index contributed by atoms with van der Waals surface area (Å²) in [7, 11) is 0. The highest BCUT2D eigenvalue weighted by Crippen LogP contribution is 2.09. The summed E-state index contributed by atoms with van der Waals surface area (Å²) in [6.07, 6.45) is 2.83. The number of nitrogens with two attached hydrogens (primary N) is 1. The second-order valence-corrected chi connectivity index (χ2v) is 4.86. The zero-order valence-electron chi connectivity index (χ0n) is 11.4. The molecule has 0 aliphatic carbocycles. The molecule has 0 fully saturated rings. The number of fused-ring (bicyclic) bond motifs is 1. The van der Waals surface area contributed by atoms with Crippen molar-refractivity contribution in [2.24, 2.45) is 0 Å². The van der Waals surface area contributed by atoms with E-state index in [1.165, 1.54) is 11.1 Å². The molecule has 5 nitrogen and oxygen atoms in total. The number of hydrogen-bond donors (Lipinski definition) is 2. The van der Waals surface area contributed by atoms with Crippen molar-refractivity contribution in [1.29, 1.82) is 0 Å². The van der Waals surface area contributed by atoms with Gasteiger partial charge in [0.15, 0.2) is 5.65 Å². The minimum absolute atomic E-state index is 0.658.